The summed E-state index contributed by atoms with van der Waals surface area (Å²) in [5.74, 6) is 0.494. The van der Waals surface area contributed by atoms with E-state index in [2.05, 4.69) is 94.9 Å². The summed E-state index contributed by atoms with van der Waals surface area (Å²) in [4.78, 5) is 43.8. The first-order valence-electron chi connectivity index (χ1n) is 11.6. The number of aromatic nitrogens is 4. The van der Waals surface area contributed by atoms with E-state index in [1.807, 2.05) is 33.9 Å². The Hall–Kier alpha value is -2.15. The zero-order valence-electron chi connectivity index (χ0n) is 20.8. The molecule has 2 aromatic heterocycles. The molecule has 212 valence electrons. The van der Waals surface area contributed by atoms with Crippen LogP contribution in [-0.4, -0.2) is 54.5 Å². The van der Waals surface area contributed by atoms with Gasteiger partial charge in [-0.1, -0.05) is 0 Å². The van der Waals surface area contributed by atoms with Gasteiger partial charge in [-0.05, 0) is 106 Å². The van der Waals surface area contributed by atoms with Gasteiger partial charge in [-0.3, -0.25) is 25.0 Å². The van der Waals surface area contributed by atoms with Gasteiger partial charge in [-0.25, -0.2) is 9.97 Å². The Morgan fingerprint density at radius 2 is 1.38 bits per heavy atom. The third-order valence-corrected chi connectivity index (χ3v) is 10.6. The predicted molar refractivity (Wildman–Crippen MR) is 168 cm³/mol. The number of nitro benzene ring substituents is 2. The van der Waals surface area contributed by atoms with Crippen molar-refractivity contribution in [3.63, 3.8) is 0 Å². The third-order valence-electron chi connectivity index (χ3n) is 6.08. The monoisotopic (exact) mass is 870 g/mol. The van der Waals surface area contributed by atoms with E-state index in [-0.39, 0.29) is 23.8 Å². The number of amides is 1. The second-order valence-electron chi connectivity index (χ2n) is 8.34. The molecule has 0 spiro atoms. The van der Waals surface area contributed by atoms with Gasteiger partial charge in [0.1, 0.15) is 8.95 Å². The highest BCUT2D eigenvalue weighted by Crippen LogP contribution is 2.41. The maximum Gasteiger partial charge on any atom is 0.312 e. The van der Waals surface area contributed by atoms with Crippen LogP contribution in [0.4, 0.5) is 17.3 Å². The quantitative estimate of drug-likeness (QED) is 0.172. The lowest BCUT2D eigenvalue weighted by molar-refractivity contribution is -0.384. The van der Waals surface area contributed by atoms with Gasteiger partial charge in [-0.2, -0.15) is 0 Å². The SMILES string of the molecule is CCn1c(Br)nc2c([N+](=O)[O-])c(Br)c(Br)cc21.CCn1c(N2CCNC(=O)C2)nc2c([N+](=O)[O-])c(Br)c(Br)cc21. The third kappa shape index (κ3) is 5.64. The highest BCUT2D eigenvalue weighted by atomic mass is 79.9. The molecule has 1 N–H and O–H groups in total. The molecule has 0 atom stereocenters. The van der Waals surface area contributed by atoms with Crippen LogP contribution in [0.5, 0.6) is 0 Å². The maximum absolute atomic E-state index is 11.6. The number of hydrogen-bond acceptors (Lipinski definition) is 8. The van der Waals surface area contributed by atoms with Crippen LogP contribution in [0.3, 0.4) is 0 Å². The lowest BCUT2D eigenvalue weighted by Crippen LogP contribution is -2.48. The average molecular weight is 875 g/mol. The van der Waals surface area contributed by atoms with Crippen molar-refractivity contribution in [2.45, 2.75) is 26.9 Å². The molecule has 1 aliphatic rings. The lowest BCUT2D eigenvalue weighted by Gasteiger charge is -2.27. The maximum atomic E-state index is 11.6. The van der Waals surface area contributed by atoms with Gasteiger partial charge in [0, 0.05) is 35.1 Å². The Kier molecular flexibility index (Phi) is 9.53. The van der Waals surface area contributed by atoms with Crippen molar-refractivity contribution in [2.75, 3.05) is 24.5 Å². The van der Waals surface area contributed by atoms with Crippen molar-refractivity contribution in [3.05, 3.63) is 55.0 Å². The molecule has 13 nitrogen and oxygen atoms in total. The number of nitrogens with one attached hydrogen (secondary N) is 1. The average Bonchev–Trinajstić information content (AvgIpc) is 3.40. The minimum Gasteiger partial charge on any atom is -0.353 e. The van der Waals surface area contributed by atoms with Crippen molar-refractivity contribution in [3.8, 4) is 0 Å². The standard InChI is InChI=1S/C13H13Br2N5O3.C9H6Br3N3O2/c1-2-19-8-5-7(14)10(15)12(20(22)23)11(8)17-13(19)18-4-3-16-9(21)6-18;1-2-14-5-3-4(10)6(11)8(15(16)17)7(5)13-9(14)12/h5H,2-4,6H2,1H3,(H,16,21);3H,2H2,1H3. The fourth-order valence-electron chi connectivity index (χ4n) is 4.33. The molecule has 0 aliphatic carbocycles. The number of nitrogens with zero attached hydrogens (tertiary/aromatic N) is 7. The van der Waals surface area contributed by atoms with Crippen LogP contribution in [0, 0.1) is 20.2 Å². The van der Waals surface area contributed by atoms with Gasteiger partial charge < -0.3 is 19.4 Å². The summed E-state index contributed by atoms with van der Waals surface area (Å²) in [6.45, 7) is 6.51. The second kappa shape index (κ2) is 12.4. The van der Waals surface area contributed by atoms with Crippen LogP contribution >= 0.6 is 79.6 Å². The summed E-state index contributed by atoms with van der Waals surface area (Å²) in [6.07, 6.45) is 0. The lowest BCUT2D eigenvalue weighted by atomic mass is 10.2. The fraction of sp³-hybridized carbons (Fsp3) is 0.318. The van der Waals surface area contributed by atoms with Gasteiger partial charge in [0.05, 0.1) is 27.4 Å². The summed E-state index contributed by atoms with van der Waals surface area (Å²) < 4.78 is 6.33. The number of rotatable bonds is 5. The Morgan fingerprint density at radius 1 is 0.875 bits per heavy atom. The Labute approximate surface area is 268 Å². The normalized spacial score (nSPS) is 13.4. The molecule has 5 rings (SSSR count). The molecule has 0 saturated carbocycles. The molecule has 0 bridgehead atoms. The first-order chi connectivity index (χ1) is 18.9. The van der Waals surface area contributed by atoms with Gasteiger partial charge >= 0.3 is 11.4 Å². The number of carbonyl (C=O) groups is 1. The van der Waals surface area contributed by atoms with Crippen molar-refractivity contribution >= 4 is 125 Å². The zero-order valence-corrected chi connectivity index (χ0v) is 28.7. The van der Waals surface area contributed by atoms with Crippen LogP contribution < -0.4 is 10.2 Å². The summed E-state index contributed by atoms with van der Waals surface area (Å²) in [6, 6.07) is 3.62. The summed E-state index contributed by atoms with van der Waals surface area (Å²) in [7, 11) is 0. The molecule has 4 aromatic rings. The molecule has 0 unspecified atom stereocenters. The molecule has 2 aromatic carbocycles. The van der Waals surface area contributed by atoms with Crippen molar-refractivity contribution in [1.82, 2.24) is 24.4 Å². The molecule has 1 aliphatic heterocycles. The number of piperazine rings is 1. The van der Waals surface area contributed by atoms with Crippen LogP contribution in [-0.2, 0) is 17.9 Å². The van der Waals surface area contributed by atoms with Gasteiger partial charge in [0.15, 0.2) is 15.8 Å². The number of nitro groups is 2. The number of fused-ring (bicyclic) bond motifs is 2. The van der Waals surface area contributed by atoms with Crippen LogP contribution in [0.25, 0.3) is 22.1 Å². The van der Waals surface area contributed by atoms with Crippen molar-refractivity contribution in [1.29, 1.82) is 0 Å². The number of anilines is 1. The highest BCUT2D eigenvalue weighted by molar-refractivity contribution is 9.13. The number of hydrogen-bond donors (Lipinski definition) is 1. The van der Waals surface area contributed by atoms with Crippen LogP contribution in [0.15, 0.2) is 34.8 Å². The molecule has 1 saturated heterocycles. The largest absolute Gasteiger partial charge is 0.353 e. The summed E-state index contributed by atoms with van der Waals surface area (Å²) in [5, 5.41) is 25.3. The van der Waals surface area contributed by atoms with E-state index in [0.29, 0.717) is 71.3 Å². The molecule has 1 fully saturated rings. The number of aryl methyl sites for hydroxylation is 2. The van der Waals surface area contributed by atoms with E-state index in [1.165, 1.54) is 0 Å². The minimum atomic E-state index is -0.448. The smallest absolute Gasteiger partial charge is 0.312 e. The van der Waals surface area contributed by atoms with Gasteiger partial charge in [0.2, 0.25) is 11.9 Å². The highest BCUT2D eigenvalue weighted by Gasteiger charge is 2.29. The van der Waals surface area contributed by atoms with E-state index < -0.39 is 9.85 Å². The first-order valence-corrected chi connectivity index (χ1v) is 15.6. The Balaban J connectivity index is 0.000000194. The van der Waals surface area contributed by atoms with Crippen LogP contribution in [0.2, 0.25) is 0 Å². The van der Waals surface area contributed by atoms with E-state index >= 15 is 0 Å². The van der Waals surface area contributed by atoms with Crippen molar-refractivity contribution in [2.24, 2.45) is 0 Å². The van der Waals surface area contributed by atoms with E-state index in [1.54, 1.807) is 6.07 Å². The summed E-state index contributed by atoms with van der Waals surface area (Å²) >= 11 is 16.4. The van der Waals surface area contributed by atoms with E-state index in [4.69, 9.17) is 0 Å². The Morgan fingerprint density at radius 3 is 1.85 bits per heavy atom. The van der Waals surface area contributed by atoms with Crippen LogP contribution in [0.1, 0.15) is 13.8 Å². The topological polar surface area (TPSA) is 154 Å². The zero-order chi connectivity index (χ0) is 29.5. The molecule has 40 heavy (non-hydrogen) atoms. The Bertz CT molecular complexity index is 1690. The molecule has 3 heterocycles. The molecule has 0 radical (unpaired) electrons. The van der Waals surface area contributed by atoms with Gasteiger partial charge in [-0.15, -0.1) is 0 Å². The molecular weight excluding hydrogens is 856 g/mol. The first kappa shape index (κ1) is 30.8. The van der Waals surface area contributed by atoms with Gasteiger partial charge in [0.25, 0.3) is 0 Å². The number of carbonyl (C=O) groups excluding carboxylic acids is 1. The van der Waals surface area contributed by atoms with E-state index in [0.717, 1.165) is 5.52 Å². The second-order valence-corrected chi connectivity index (χ2v) is 12.3. The number of halogens is 5. The van der Waals surface area contributed by atoms with Crippen molar-refractivity contribution < 1.29 is 14.6 Å². The summed E-state index contributed by atoms with van der Waals surface area (Å²) in [5.41, 5.74) is 1.97. The minimum absolute atomic E-state index is 0.0257. The number of imidazole rings is 2. The van der Waals surface area contributed by atoms with E-state index in [9.17, 15) is 25.0 Å². The molecule has 1 amide bonds. The molecular formula is C22H19Br5N8O5. The fourth-order valence-corrected chi connectivity index (χ4v) is 6.65. The number of benzene rings is 2. The molecule has 18 heteroatoms. The predicted octanol–water partition coefficient (Wildman–Crippen LogP) is 6.68.